The Hall–Kier alpha value is -2.37. The van der Waals surface area contributed by atoms with E-state index in [0.717, 1.165) is 38.0 Å². The first-order valence-corrected chi connectivity index (χ1v) is 9.85. The highest BCUT2D eigenvalue weighted by Crippen LogP contribution is 2.40. The molecular weight excluding hydrogens is 342 g/mol. The Bertz CT molecular complexity index is 760. The van der Waals surface area contributed by atoms with Gasteiger partial charge in [0.25, 0.3) is 5.91 Å². The highest BCUT2D eigenvalue weighted by Gasteiger charge is 2.42. The molecule has 3 atom stereocenters. The highest BCUT2D eigenvalue weighted by molar-refractivity contribution is 5.97. The maximum atomic E-state index is 12.9. The van der Waals surface area contributed by atoms with Crippen LogP contribution in [0.1, 0.15) is 42.5 Å². The quantitative estimate of drug-likeness (QED) is 0.820. The third-order valence-corrected chi connectivity index (χ3v) is 6.55. The smallest absolute Gasteiger partial charge is 0.253 e. The molecule has 1 aromatic rings. The van der Waals surface area contributed by atoms with Crippen molar-refractivity contribution in [2.75, 3.05) is 32.1 Å². The Morgan fingerprint density at radius 3 is 2.44 bits per heavy atom. The Morgan fingerprint density at radius 2 is 1.78 bits per heavy atom. The summed E-state index contributed by atoms with van der Waals surface area (Å²) in [6.07, 6.45) is 3.98. The molecule has 1 aromatic carbocycles. The maximum absolute atomic E-state index is 12.9. The van der Waals surface area contributed by atoms with E-state index in [1.807, 2.05) is 48.2 Å². The summed E-state index contributed by atoms with van der Waals surface area (Å²) in [6.45, 7) is 1.56. The van der Waals surface area contributed by atoms with E-state index in [1.54, 1.807) is 4.90 Å². The molecule has 0 spiro atoms. The highest BCUT2D eigenvalue weighted by atomic mass is 16.2. The summed E-state index contributed by atoms with van der Waals surface area (Å²) >= 11 is 0. The van der Waals surface area contributed by atoms with Crippen molar-refractivity contribution < 1.29 is 14.4 Å². The molecule has 144 valence electrons. The van der Waals surface area contributed by atoms with Crippen molar-refractivity contribution in [3.8, 4) is 0 Å². The zero-order valence-electron chi connectivity index (χ0n) is 16.1. The van der Waals surface area contributed by atoms with Gasteiger partial charge in [-0.05, 0) is 55.4 Å². The van der Waals surface area contributed by atoms with Gasteiger partial charge in [0.05, 0.1) is 0 Å². The number of likely N-dealkylation sites (tertiary alicyclic amines) is 1. The first-order chi connectivity index (χ1) is 12.9. The number of amides is 3. The Kier molecular flexibility index (Phi) is 4.66. The molecule has 1 aliphatic carbocycles. The van der Waals surface area contributed by atoms with Crippen LogP contribution in [0.15, 0.2) is 24.3 Å². The predicted octanol–water partition coefficient (Wildman–Crippen LogP) is 2.14. The van der Waals surface area contributed by atoms with Crippen LogP contribution in [-0.4, -0.2) is 60.7 Å². The minimum atomic E-state index is 0.0117. The number of nitrogens with zero attached hydrogens (tertiary/aromatic N) is 3. The van der Waals surface area contributed by atoms with Gasteiger partial charge in [-0.2, -0.15) is 0 Å². The van der Waals surface area contributed by atoms with Crippen LogP contribution in [0, 0.1) is 11.8 Å². The van der Waals surface area contributed by atoms with Crippen LogP contribution in [0.5, 0.6) is 0 Å². The minimum Gasteiger partial charge on any atom is -0.345 e. The van der Waals surface area contributed by atoms with Crippen LogP contribution >= 0.6 is 0 Å². The molecule has 6 nitrogen and oxygen atoms in total. The summed E-state index contributed by atoms with van der Waals surface area (Å²) in [5.74, 6) is 1.28. The van der Waals surface area contributed by atoms with E-state index < -0.39 is 0 Å². The second-order valence-corrected chi connectivity index (χ2v) is 8.24. The van der Waals surface area contributed by atoms with E-state index in [1.165, 1.54) is 0 Å². The SMILES string of the molecule is CN1C[C@@H]2C[C@H](N(C)C(=O)c3ccc(N4CCCC4=O)cc3)C[C@@H]2CC1=O. The van der Waals surface area contributed by atoms with Crippen LogP contribution in [-0.2, 0) is 9.59 Å². The lowest BCUT2D eigenvalue weighted by molar-refractivity contribution is -0.134. The van der Waals surface area contributed by atoms with Crippen molar-refractivity contribution in [1.29, 1.82) is 0 Å². The lowest BCUT2D eigenvalue weighted by Gasteiger charge is -2.31. The lowest BCUT2D eigenvalue weighted by atomic mass is 9.88. The van der Waals surface area contributed by atoms with Crippen molar-refractivity contribution in [1.82, 2.24) is 9.80 Å². The van der Waals surface area contributed by atoms with Crippen molar-refractivity contribution >= 4 is 23.4 Å². The zero-order valence-corrected chi connectivity index (χ0v) is 16.1. The second kappa shape index (κ2) is 6.98. The molecule has 2 saturated heterocycles. The van der Waals surface area contributed by atoms with Crippen LogP contribution in [0.3, 0.4) is 0 Å². The molecule has 0 N–H and O–H groups in total. The van der Waals surface area contributed by atoms with Crippen molar-refractivity contribution in [3.63, 3.8) is 0 Å². The number of hydrogen-bond donors (Lipinski definition) is 0. The molecular formula is C21H27N3O3. The average molecular weight is 369 g/mol. The van der Waals surface area contributed by atoms with Crippen LogP contribution < -0.4 is 4.90 Å². The molecule has 0 bridgehead atoms. The van der Waals surface area contributed by atoms with Gasteiger partial charge in [-0.3, -0.25) is 14.4 Å². The summed E-state index contributed by atoms with van der Waals surface area (Å²) in [7, 11) is 3.74. The molecule has 3 fully saturated rings. The molecule has 3 amide bonds. The van der Waals surface area contributed by atoms with Crippen LogP contribution in [0.4, 0.5) is 5.69 Å². The standard InChI is InChI=1S/C21H27N3O3/c1-22-13-16-11-18(10-15(16)12-20(22)26)23(2)21(27)14-5-7-17(8-6-14)24-9-3-4-19(24)25/h5-8,15-16,18H,3-4,9-13H2,1-2H3/t15-,16+,18-/m1/s1. The van der Waals surface area contributed by atoms with Gasteiger partial charge in [-0.1, -0.05) is 0 Å². The van der Waals surface area contributed by atoms with Crippen molar-refractivity contribution in [2.24, 2.45) is 11.8 Å². The monoisotopic (exact) mass is 369 g/mol. The van der Waals surface area contributed by atoms with Gasteiger partial charge in [-0.25, -0.2) is 0 Å². The van der Waals surface area contributed by atoms with Crippen molar-refractivity contribution in [2.45, 2.75) is 38.1 Å². The summed E-state index contributed by atoms with van der Waals surface area (Å²) in [4.78, 5) is 42.2. The van der Waals surface area contributed by atoms with Crippen molar-refractivity contribution in [3.05, 3.63) is 29.8 Å². The summed E-state index contributed by atoms with van der Waals surface area (Å²) in [5.41, 5.74) is 1.51. The fourth-order valence-corrected chi connectivity index (χ4v) is 4.88. The largest absolute Gasteiger partial charge is 0.345 e. The molecule has 6 heteroatoms. The number of hydrogen-bond acceptors (Lipinski definition) is 3. The predicted molar refractivity (Wildman–Crippen MR) is 102 cm³/mol. The van der Waals surface area contributed by atoms with Crippen LogP contribution in [0.25, 0.3) is 0 Å². The van der Waals surface area contributed by atoms with E-state index >= 15 is 0 Å². The van der Waals surface area contributed by atoms with E-state index in [0.29, 0.717) is 30.2 Å². The summed E-state index contributed by atoms with van der Waals surface area (Å²) in [5, 5.41) is 0. The van der Waals surface area contributed by atoms with Gasteiger partial charge in [0, 0.05) is 57.3 Å². The molecule has 2 heterocycles. The third kappa shape index (κ3) is 3.33. The number of rotatable bonds is 3. The number of carbonyl (C=O) groups is 3. The molecule has 0 unspecified atom stereocenters. The number of carbonyl (C=O) groups excluding carboxylic acids is 3. The fourth-order valence-electron chi connectivity index (χ4n) is 4.88. The topological polar surface area (TPSA) is 60.9 Å². The first kappa shape index (κ1) is 18.0. The third-order valence-electron chi connectivity index (χ3n) is 6.55. The normalized spacial score (nSPS) is 27.9. The van der Waals surface area contributed by atoms with Gasteiger partial charge in [0.15, 0.2) is 0 Å². The fraction of sp³-hybridized carbons (Fsp3) is 0.571. The van der Waals surface area contributed by atoms with Gasteiger partial charge in [-0.15, -0.1) is 0 Å². The van der Waals surface area contributed by atoms with Gasteiger partial charge in [0.2, 0.25) is 11.8 Å². The molecule has 2 aliphatic heterocycles. The van der Waals surface area contributed by atoms with Gasteiger partial charge in [0.1, 0.15) is 0 Å². The molecule has 27 heavy (non-hydrogen) atoms. The maximum Gasteiger partial charge on any atom is 0.253 e. The average Bonchev–Trinajstić information content (AvgIpc) is 3.27. The Balaban J connectivity index is 1.42. The minimum absolute atomic E-state index is 0.0117. The van der Waals surface area contributed by atoms with E-state index in [-0.39, 0.29) is 23.8 Å². The lowest BCUT2D eigenvalue weighted by Crippen LogP contribution is -2.39. The Labute approximate surface area is 160 Å². The van der Waals surface area contributed by atoms with Crippen LogP contribution in [0.2, 0.25) is 0 Å². The molecule has 1 saturated carbocycles. The number of benzene rings is 1. The number of piperidine rings is 1. The molecule has 0 aromatic heterocycles. The molecule has 3 aliphatic rings. The Morgan fingerprint density at radius 1 is 1.07 bits per heavy atom. The van der Waals surface area contributed by atoms with E-state index in [2.05, 4.69) is 0 Å². The summed E-state index contributed by atoms with van der Waals surface area (Å²) < 4.78 is 0. The van der Waals surface area contributed by atoms with E-state index in [4.69, 9.17) is 0 Å². The van der Waals surface area contributed by atoms with Gasteiger partial charge >= 0.3 is 0 Å². The number of fused-ring (bicyclic) bond motifs is 1. The summed E-state index contributed by atoms with van der Waals surface area (Å²) in [6, 6.07) is 7.56. The molecule has 0 radical (unpaired) electrons. The van der Waals surface area contributed by atoms with E-state index in [9.17, 15) is 14.4 Å². The zero-order chi connectivity index (χ0) is 19.1. The second-order valence-electron chi connectivity index (χ2n) is 8.24. The molecule has 4 rings (SSSR count). The number of anilines is 1. The van der Waals surface area contributed by atoms with Gasteiger partial charge < -0.3 is 14.7 Å². The first-order valence-electron chi connectivity index (χ1n) is 9.85.